The van der Waals surface area contributed by atoms with Gasteiger partial charge in [-0.2, -0.15) is 0 Å². The normalized spacial score (nSPS) is 20.2. The van der Waals surface area contributed by atoms with Gasteiger partial charge in [-0.05, 0) is 26.0 Å². The van der Waals surface area contributed by atoms with E-state index in [1.165, 1.54) is 12.1 Å². The van der Waals surface area contributed by atoms with Crippen molar-refractivity contribution in [2.75, 3.05) is 19.6 Å². The van der Waals surface area contributed by atoms with Crippen LogP contribution in [0.5, 0.6) is 0 Å². The molecule has 3 rings (SSSR count). The summed E-state index contributed by atoms with van der Waals surface area (Å²) in [7, 11) is 0. The number of benzene rings is 1. The van der Waals surface area contributed by atoms with E-state index in [-0.39, 0.29) is 12.0 Å². The molecule has 1 aliphatic rings. The van der Waals surface area contributed by atoms with Gasteiger partial charge in [-0.1, -0.05) is 6.07 Å². The standard InChI is InChI=1S/C18H23F2N5/c1-11-7-12(2)24-17(23-11)5-6-21-9-13-10-22-25-18(13)15-4-3-14(19)8-16(15)20/h3-4,7-8,13,18,21-22,25H,5-6,9-10H2,1-2H3. The maximum Gasteiger partial charge on any atom is 0.130 e. The Balaban J connectivity index is 1.53. The highest BCUT2D eigenvalue weighted by Crippen LogP contribution is 2.26. The van der Waals surface area contributed by atoms with Gasteiger partial charge < -0.3 is 5.32 Å². The molecule has 0 saturated carbocycles. The van der Waals surface area contributed by atoms with Gasteiger partial charge in [0.25, 0.3) is 0 Å². The van der Waals surface area contributed by atoms with E-state index in [2.05, 4.69) is 26.1 Å². The van der Waals surface area contributed by atoms with Crippen molar-refractivity contribution in [3.63, 3.8) is 0 Å². The molecule has 1 saturated heterocycles. The lowest BCUT2D eigenvalue weighted by molar-refractivity contribution is 0.425. The summed E-state index contributed by atoms with van der Waals surface area (Å²) in [4.78, 5) is 8.85. The van der Waals surface area contributed by atoms with Crippen LogP contribution in [0, 0.1) is 31.4 Å². The van der Waals surface area contributed by atoms with E-state index < -0.39 is 11.6 Å². The summed E-state index contributed by atoms with van der Waals surface area (Å²) in [6.07, 6.45) is 0.742. The smallest absolute Gasteiger partial charge is 0.130 e. The molecular weight excluding hydrogens is 324 g/mol. The third kappa shape index (κ3) is 4.56. The summed E-state index contributed by atoms with van der Waals surface area (Å²) >= 11 is 0. The Kier molecular flexibility index (Phi) is 5.67. The van der Waals surface area contributed by atoms with E-state index >= 15 is 0 Å². The van der Waals surface area contributed by atoms with Crippen LogP contribution in [0.15, 0.2) is 24.3 Å². The first-order valence-corrected chi connectivity index (χ1v) is 8.48. The van der Waals surface area contributed by atoms with Gasteiger partial charge in [-0.25, -0.2) is 24.2 Å². The van der Waals surface area contributed by atoms with Crippen LogP contribution in [-0.2, 0) is 6.42 Å². The highest BCUT2D eigenvalue weighted by atomic mass is 19.1. The number of nitrogens with zero attached hydrogens (tertiary/aromatic N) is 2. The molecule has 7 heteroatoms. The maximum absolute atomic E-state index is 14.0. The third-order valence-electron chi connectivity index (χ3n) is 4.35. The van der Waals surface area contributed by atoms with Gasteiger partial charge in [0.1, 0.15) is 17.5 Å². The zero-order valence-electron chi connectivity index (χ0n) is 14.4. The number of aryl methyl sites for hydroxylation is 2. The second-order valence-electron chi connectivity index (χ2n) is 6.45. The van der Waals surface area contributed by atoms with Gasteiger partial charge in [0.2, 0.25) is 0 Å². The van der Waals surface area contributed by atoms with Crippen LogP contribution in [0.4, 0.5) is 8.78 Å². The van der Waals surface area contributed by atoms with Crippen molar-refractivity contribution in [3.05, 3.63) is 58.7 Å². The molecule has 5 nitrogen and oxygen atoms in total. The van der Waals surface area contributed by atoms with Crippen LogP contribution in [0.3, 0.4) is 0 Å². The average Bonchev–Trinajstić information content (AvgIpc) is 2.99. The highest BCUT2D eigenvalue weighted by molar-refractivity contribution is 5.23. The fourth-order valence-electron chi connectivity index (χ4n) is 3.21. The third-order valence-corrected chi connectivity index (χ3v) is 4.35. The van der Waals surface area contributed by atoms with Crippen molar-refractivity contribution >= 4 is 0 Å². The number of nitrogens with one attached hydrogen (secondary N) is 3. The first-order valence-electron chi connectivity index (χ1n) is 8.48. The number of halogens is 2. The van der Waals surface area contributed by atoms with Gasteiger partial charge in [0.15, 0.2) is 0 Å². The Morgan fingerprint density at radius 3 is 2.64 bits per heavy atom. The molecule has 2 unspecified atom stereocenters. The van der Waals surface area contributed by atoms with Crippen molar-refractivity contribution in [1.82, 2.24) is 26.1 Å². The second kappa shape index (κ2) is 7.95. The summed E-state index contributed by atoms with van der Waals surface area (Å²) in [6, 6.07) is 5.49. The van der Waals surface area contributed by atoms with Crippen molar-refractivity contribution in [3.8, 4) is 0 Å². The maximum atomic E-state index is 14.0. The topological polar surface area (TPSA) is 61.9 Å². The van der Waals surface area contributed by atoms with E-state index in [0.717, 1.165) is 36.2 Å². The fourth-order valence-corrected chi connectivity index (χ4v) is 3.21. The quantitative estimate of drug-likeness (QED) is 0.698. The van der Waals surface area contributed by atoms with Crippen molar-refractivity contribution in [1.29, 1.82) is 0 Å². The van der Waals surface area contributed by atoms with E-state index in [0.29, 0.717) is 18.7 Å². The van der Waals surface area contributed by atoms with E-state index in [1.54, 1.807) is 0 Å². The minimum Gasteiger partial charge on any atom is -0.316 e. The monoisotopic (exact) mass is 347 g/mol. The van der Waals surface area contributed by atoms with Crippen LogP contribution in [0.2, 0.25) is 0 Å². The molecule has 0 spiro atoms. The Bertz CT molecular complexity index is 717. The second-order valence-corrected chi connectivity index (χ2v) is 6.45. The Morgan fingerprint density at radius 2 is 1.92 bits per heavy atom. The summed E-state index contributed by atoms with van der Waals surface area (Å²) in [6.45, 7) is 6.10. The Labute approximate surface area is 146 Å². The SMILES string of the molecule is Cc1cc(C)nc(CCNCC2CNNC2c2ccc(F)cc2F)n1. The number of hydrogen-bond acceptors (Lipinski definition) is 5. The van der Waals surface area contributed by atoms with Crippen LogP contribution in [0.1, 0.15) is 28.8 Å². The number of aromatic nitrogens is 2. The summed E-state index contributed by atoms with van der Waals surface area (Å²) in [5, 5.41) is 3.39. The largest absolute Gasteiger partial charge is 0.316 e. The highest BCUT2D eigenvalue weighted by Gasteiger charge is 2.29. The van der Waals surface area contributed by atoms with Gasteiger partial charge in [0.05, 0.1) is 6.04 Å². The average molecular weight is 347 g/mol. The molecular formula is C18H23F2N5. The van der Waals surface area contributed by atoms with Gasteiger partial charge in [0, 0.05) is 55.0 Å². The fraction of sp³-hybridized carbons (Fsp3) is 0.444. The molecule has 1 aromatic heterocycles. The molecule has 0 aliphatic carbocycles. The lowest BCUT2D eigenvalue weighted by Gasteiger charge is -2.20. The molecule has 25 heavy (non-hydrogen) atoms. The summed E-state index contributed by atoms with van der Waals surface area (Å²) in [5.74, 6) is -0.0842. The molecule has 2 aromatic rings. The Morgan fingerprint density at radius 1 is 1.16 bits per heavy atom. The van der Waals surface area contributed by atoms with E-state index in [9.17, 15) is 8.78 Å². The molecule has 0 amide bonds. The predicted octanol–water partition coefficient (Wildman–Crippen LogP) is 1.97. The Hall–Kier alpha value is -1.96. The summed E-state index contributed by atoms with van der Waals surface area (Å²) in [5.41, 5.74) is 8.56. The van der Waals surface area contributed by atoms with Gasteiger partial charge >= 0.3 is 0 Å². The molecule has 1 aromatic carbocycles. The minimum atomic E-state index is -0.560. The van der Waals surface area contributed by atoms with Crippen molar-refractivity contribution in [2.24, 2.45) is 5.92 Å². The molecule has 0 radical (unpaired) electrons. The first kappa shape index (κ1) is 17.8. The minimum absolute atomic E-state index is 0.167. The zero-order chi connectivity index (χ0) is 17.8. The zero-order valence-corrected chi connectivity index (χ0v) is 14.4. The summed E-state index contributed by atoms with van der Waals surface area (Å²) < 4.78 is 27.1. The number of hydrogen-bond donors (Lipinski definition) is 3. The van der Waals surface area contributed by atoms with Crippen LogP contribution in [0.25, 0.3) is 0 Å². The first-order chi connectivity index (χ1) is 12.0. The van der Waals surface area contributed by atoms with Crippen molar-refractivity contribution in [2.45, 2.75) is 26.3 Å². The lowest BCUT2D eigenvalue weighted by atomic mass is 9.94. The molecule has 0 bridgehead atoms. The van der Waals surface area contributed by atoms with E-state index in [4.69, 9.17) is 0 Å². The number of rotatable bonds is 6. The van der Waals surface area contributed by atoms with Crippen LogP contribution in [-0.4, -0.2) is 29.6 Å². The molecule has 2 atom stereocenters. The van der Waals surface area contributed by atoms with Crippen LogP contribution >= 0.6 is 0 Å². The molecule has 2 heterocycles. The molecule has 1 fully saturated rings. The number of hydrazine groups is 1. The van der Waals surface area contributed by atoms with Gasteiger partial charge in [-0.3, -0.25) is 5.43 Å². The molecule has 3 N–H and O–H groups in total. The lowest BCUT2D eigenvalue weighted by Crippen LogP contribution is -2.30. The van der Waals surface area contributed by atoms with Crippen LogP contribution < -0.4 is 16.2 Å². The van der Waals surface area contributed by atoms with E-state index in [1.807, 2.05) is 19.9 Å². The molecule has 134 valence electrons. The van der Waals surface area contributed by atoms with Gasteiger partial charge in [-0.15, -0.1) is 0 Å². The van der Waals surface area contributed by atoms with Crippen molar-refractivity contribution < 1.29 is 8.78 Å². The molecule has 1 aliphatic heterocycles. The predicted molar refractivity (Wildman–Crippen MR) is 91.8 cm³/mol.